The maximum atomic E-state index is 13.0. The van der Waals surface area contributed by atoms with Crippen molar-refractivity contribution in [3.63, 3.8) is 0 Å². The number of carbonyl (C=O) groups is 1. The predicted molar refractivity (Wildman–Crippen MR) is 104 cm³/mol. The minimum absolute atomic E-state index is 0.227. The Morgan fingerprint density at radius 2 is 1.77 bits per heavy atom. The van der Waals surface area contributed by atoms with Crippen LogP contribution in [0.3, 0.4) is 0 Å². The van der Waals surface area contributed by atoms with Crippen molar-refractivity contribution in [3.8, 4) is 10.6 Å². The summed E-state index contributed by atoms with van der Waals surface area (Å²) in [5.74, 6) is -0.258. The zero-order chi connectivity index (χ0) is 18.5. The van der Waals surface area contributed by atoms with Gasteiger partial charge in [-0.1, -0.05) is 17.7 Å². The van der Waals surface area contributed by atoms with Crippen molar-refractivity contribution in [2.45, 2.75) is 20.3 Å². The molecule has 0 aliphatic carbocycles. The molecule has 2 N–H and O–H groups in total. The van der Waals surface area contributed by atoms with E-state index in [2.05, 4.69) is 15.6 Å². The molecule has 3 aromatic rings. The molecule has 6 heteroatoms. The topological polar surface area (TPSA) is 54.0 Å². The smallest absolute Gasteiger partial charge is 0.319 e. The molecule has 134 valence electrons. The van der Waals surface area contributed by atoms with E-state index in [-0.39, 0.29) is 11.8 Å². The van der Waals surface area contributed by atoms with Crippen LogP contribution in [0.5, 0.6) is 0 Å². The lowest BCUT2D eigenvalue weighted by Gasteiger charge is -2.07. The Morgan fingerprint density at radius 3 is 2.46 bits per heavy atom. The van der Waals surface area contributed by atoms with E-state index < -0.39 is 0 Å². The molecular formula is C20H20FN3OS. The number of aromatic nitrogens is 1. The van der Waals surface area contributed by atoms with Crippen LogP contribution in [0.25, 0.3) is 10.6 Å². The molecule has 0 bridgehead atoms. The van der Waals surface area contributed by atoms with Gasteiger partial charge in [0.15, 0.2) is 0 Å². The van der Waals surface area contributed by atoms with E-state index in [1.165, 1.54) is 12.1 Å². The number of carbonyl (C=O) groups excluding carboxylic acids is 1. The van der Waals surface area contributed by atoms with Crippen molar-refractivity contribution in [3.05, 3.63) is 70.5 Å². The number of halogens is 1. The van der Waals surface area contributed by atoms with Gasteiger partial charge < -0.3 is 10.6 Å². The summed E-state index contributed by atoms with van der Waals surface area (Å²) in [5.41, 5.74) is 3.75. The molecule has 0 unspecified atom stereocenters. The summed E-state index contributed by atoms with van der Waals surface area (Å²) >= 11 is 1.57. The van der Waals surface area contributed by atoms with E-state index >= 15 is 0 Å². The fraction of sp³-hybridized carbons (Fsp3) is 0.200. The average molecular weight is 369 g/mol. The number of benzene rings is 2. The maximum Gasteiger partial charge on any atom is 0.319 e. The molecule has 0 fully saturated rings. The molecule has 3 rings (SSSR count). The first kappa shape index (κ1) is 18.1. The molecule has 2 amide bonds. The number of amides is 2. The second-order valence-electron chi connectivity index (χ2n) is 6.03. The van der Waals surface area contributed by atoms with Crippen LogP contribution in [0.15, 0.2) is 48.5 Å². The van der Waals surface area contributed by atoms with Crippen molar-refractivity contribution in [2.75, 3.05) is 11.9 Å². The molecule has 0 atom stereocenters. The molecular weight excluding hydrogens is 349 g/mol. The third kappa shape index (κ3) is 4.67. The first-order valence-electron chi connectivity index (χ1n) is 8.35. The number of rotatable bonds is 5. The summed E-state index contributed by atoms with van der Waals surface area (Å²) in [6, 6.07) is 13.7. The Labute approximate surface area is 156 Å². The summed E-state index contributed by atoms with van der Waals surface area (Å²) in [5, 5.41) is 6.53. The number of nitrogens with one attached hydrogen (secondary N) is 2. The van der Waals surface area contributed by atoms with Crippen molar-refractivity contribution in [1.29, 1.82) is 0 Å². The number of nitrogens with zero attached hydrogens (tertiary/aromatic N) is 1. The third-order valence-electron chi connectivity index (χ3n) is 3.93. The van der Waals surface area contributed by atoms with E-state index in [9.17, 15) is 9.18 Å². The van der Waals surface area contributed by atoms with Gasteiger partial charge in [-0.05, 0) is 50.2 Å². The van der Waals surface area contributed by atoms with Crippen LogP contribution in [0, 0.1) is 19.7 Å². The molecule has 0 aliphatic heterocycles. The number of hydrogen-bond acceptors (Lipinski definition) is 3. The van der Waals surface area contributed by atoms with Crippen LogP contribution in [0.2, 0.25) is 0 Å². The minimum Gasteiger partial charge on any atom is -0.338 e. The maximum absolute atomic E-state index is 13.0. The van der Waals surface area contributed by atoms with Crippen LogP contribution >= 0.6 is 11.3 Å². The molecule has 2 aromatic carbocycles. The summed E-state index contributed by atoms with van der Waals surface area (Å²) < 4.78 is 13.0. The summed E-state index contributed by atoms with van der Waals surface area (Å²) in [6.07, 6.45) is 0.700. The normalized spacial score (nSPS) is 10.6. The first-order chi connectivity index (χ1) is 12.5. The number of anilines is 1. The van der Waals surface area contributed by atoms with Gasteiger partial charge in [0, 0.05) is 29.1 Å². The summed E-state index contributed by atoms with van der Waals surface area (Å²) in [4.78, 5) is 17.6. The van der Waals surface area contributed by atoms with E-state index in [1.54, 1.807) is 23.5 Å². The summed E-state index contributed by atoms with van der Waals surface area (Å²) in [7, 11) is 0. The van der Waals surface area contributed by atoms with Gasteiger partial charge in [0.05, 0.1) is 5.69 Å². The lowest BCUT2D eigenvalue weighted by Crippen LogP contribution is -2.30. The van der Waals surface area contributed by atoms with Gasteiger partial charge in [0.25, 0.3) is 0 Å². The van der Waals surface area contributed by atoms with Gasteiger partial charge in [-0.3, -0.25) is 0 Å². The molecule has 1 heterocycles. The number of hydrogen-bond donors (Lipinski definition) is 2. The SMILES string of the molecule is Cc1ccc(NC(=O)NCCc2sc(-c3ccc(F)cc3)nc2C)cc1. The quantitative estimate of drug-likeness (QED) is 0.670. The molecule has 0 aliphatic rings. The van der Waals surface area contributed by atoms with Crippen LogP contribution in [-0.4, -0.2) is 17.6 Å². The third-order valence-corrected chi connectivity index (χ3v) is 5.20. The van der Waals surface area contributed by atoms with Gasteiger partial charge in [-0.15, -0.1) is 11.3 Å². The molecule has 0 spiro atoms. The van der Waals surface area contributed by atoms with Gasteiger partial charge >= 0.3 is 6.03 Å². The molecule has 0 saturated carbocycles. The highest BCUT2D eigenvalue weighted by molar-refractivity contribution is 7.15. The number of aryl methyl sites for hydroxylation is 2. The van der Waals surface area contributed by atoms with Crippen molar-refractivity contribution in [1.82, 2.24) is 10.3 Å². The molecule has 0 saturated heterocycles. The van der Waals surface area contributed by atoms with Crippen LogP contribution < -0.4 is 10.6 Å². The van der Waals surface area contributed by atoms with E-state index in [1.807, 2.05) is 38.1 Å². The van der Waals surface area contributed by atoms with Gasteiger partial charge in [-0.2, -0.15) is 0 Å². The number of thiazole rings is 1. The standard InChI is InChI=1S/C20H20FN3OS/c1-13-3-9-17(10-4-13)24-20(25)22-12-11-18-14(2)23-19(26-18)15-5-7-16(21)8-6-15/h3-10H,11-12H2,1-2H3,(H2,22,24,25). The Morgan fingerprint density at radius 1 is 1.08 bits per heavy atom. The molecule has 26 heavy (non-hydrogen) atoms. The van der Waals surface area contributed by atoms with E-state index in [0.717, 1.165) is 32.4 Å². The Balaban J connectivity index is 1.54. The minimum atomic E-state index is -0.258. The lowest BCUT2D eigenvalue weighted by atomic mass is 10.2. The Kier molecular flexibility index (Phi) is 5.63. The van der Waals surface area contributed by atoms with Gasteiger partial charge in [0.2, 0.25) is 0 Å². The Bertz CT molecular complexity index is 888. The molecule has 0 radical (unpaired) electrons. The highest BCUT2D eigenvalue weighted by Gasteiger charge is 2.10. The van der Waals surface area contributed by atoms with Crippen molar-refractivity contribution < 1.29 is 9.18 Å². The fourth-order valence-corrected chi connectivity index (χ4v) is 3.55. The average Bonchev–Trinajstić information content (AvgIpc) is 2.98. The predicted octanol–water partition coefficient (Wildman–Crippen LogP) is 4.93. The summed E-state index contributed by atoms with van der Waals surface area (Å²) in [6.45, 7) is 4.47. The van der Waals surface area contributed by atoms with E-state index in [4.69, 9.17) is 0 Å². The second kappa shape index (κ2) is 8.10. The molecule has 1 aromatic heterocycles. The van der Waals surface area contributed by atoms with Crippen LogP contribution in [-0.2, 0) is 6.42 Å². The van der Waals surface area contributed by atoms with Crippen LogP contribution in [0.4, 0.5) is 14.9 Å². The molecule has 4 nitrogen and oxygen atoms in total. The number of urea groups is 1. The van der Waals surface area contributed by atoms with Gasteiger partial charge in [-0.25, -0.2) is 14.2 Å². The first-order valence-corrected chi connectivity index (χ1v) is 9.16. The zero-order valence-electron chi connectivity index (χ0n) is 14.7. The largest absolute Gasteiger partial charge is 0.338 e. The zero-order valence-corrected chi connectivity index (χ0v) is 15.5. The van der Waals surface area contributed by atoms with Crippen molar-refractivity contribution in [2.24, 2.45) is 0 Å². The van der Waals surface area contributed by atoms with Crippen molar-refractivity contribution >= 4 is 23.1 Å². The highest BCUT2D eigenvalue weighted by atomic mass is 32.1. The van der Waals surface area contributed by atoms with Crippen LogP contribution in [0.1, 0.15) is 16.1 Å². The monoisotopic (exact) mass is 369 g/mol. The van der Waals surface area contributed by atoms with Gasteiger partial charge in [0.1, 0.15) is 10.8 Å². The Hall–Kier alpha value is -2.73. The second-order valence-corrected chi connectivity index (χ2v) is 7.12. The lowest BCUT2D eigenvalue weighted by molar-refractivity contribution is 0.252. The highest BCUT2D eigenvalue weighted by Crippen LogP contribution is 2.28. The fourth-order valence-electron chi connectivity index (χ4n) is 2.48. The van der Waals surface area contributed by atoms with E-state index in [0.29, 0.717) is 13.0 Å².